The van der Waals surface area contributed by atoms with Crippen LogP contribution in [0.5, 0.6) is 0 Å². The lowest BCUT2D eigenvalue weighted by molar-refractivity contribution is 0.445. The summed E-state index contributed by atoms with van der Waals surface area (Å²) in [5.41, 5.74) is 3.75. The molecule has 0 saturated carbocycles. The molecule has 1 atom stereocenters. The molecule has 2 aromatic rings. The normalized spacial score (nSPS) is 12.7. The van der Waals surface area contributed by atoms with Crippen LogP contribution < -0.4 is 5.32 Å². The lowest BCUT2D eigenvalue weighted by Crippen LogP contribution is -2.16. The molecule has 1 aromatic heterocycles. The molecule has 2 heteroatoms. The monoisotopic (exact) mass is 243 g/mol. The van der Waals surface area contributed by atoms with Crippen LogP contribution in [0, 0.1) is 13.8 Å². The van der Waals surface area contributed by atoms with Crippen LogP contribution in [0.25, 0.3) is 11.3 Å². The maximum atomic E-state index is 5.92. The molecule has 0 aliphatic heterocycles. The van der Waals surface area contributed by atoms with E-state index in [0.29, 0.717) is 0 Å². The Hall–Kier alpha value is -1.54. The van der Waals surface area contributed by atoms with E-state index in [9.17, 15) is 0 Å². The van der Waals surface area contributed by atoms with Crippen LogP contribution >= 0.6 is 0 Å². The van der Waals surface area contributed by atoms with Crippen molar-refractivity contribution in [3.63, 3.8) is 0 Å². The largest absolute Gasteiger partial charge is 0.459 e. The Morgan fingerprint density at radius 1 is 1.11 bits per heavy atom. The van der Waals surface area contributed by atoms with Crippen molar-refractivity contribution in [3.05, 3.63) is 47.2 Å². The zero-order chi connectivity index (χ0) is 13.1. The fourth-order valence-corrected chi connectivity index (χ4v) is 2.04. The van der Waals surface area contributed by atoms with Crippen molar-refractivity contribution >= 4 is 0 Å². The summed E-state index contributed by atoms with van der Waals surface area (Å²) in [6, 6.07) is 10.8. The van der Waals surface area contributed by atoms with Gasteiger partial charge in [-0.3, -0.25) is 0 Å². The van der Waals surface area contributed by atoms with E-state index in [1.54, 1.807) is 0 Å². The van der Waals surface area contributed by atoms with Crippen molar-refractivity contribution in [2.45, 2.75) is 33.7 Å². The lowest BCUT2D eigenvalue weighted by atomic mass is 10.1. The smallest absolute Gasteiger partial charge is 0.134 e. The molecule has 0 bridgehead atoms. The van der Waals surface area contributed by atoms with Crippen molar-refractivity contribution in [1.82, 2.24) is 5.32 Å². The van der Waals surface area contributed by atoms with E-state index in [0.717, 1.165) is 23.6 Å². The number of hydrogen-bond acceptors (Lipinski definition) is 2. The molecule has 0 fully saturated rings. The van der Waals surface area contributed by atoms with Crippen LogP contribution in [-0.4, -0.2) is 6.54 Å². The summed E-state index contributed by atoms with van der Waals surface area (Å²) in [4.78, 5) is 0. The first-order chi connectivity index (χ1) is 8.61. The first kappa shape index (κ1) is 12.9. The van der Waals surface area contributed by atoms with Gasteiger partial charge in [0.25, 0.3) is 0 Å². The van der Waals surface area contributed by atoms with Crippen LogP contribution in [0.15, 0.2) is 34.7 Å². The minimum Gasteiger partial charge on any atom is -0.459 e. The average Bonchev–Trinajstić information content (AvgIpc) is 2.82. The molecule has 1 aromatic carbocycles. The Morgan fingerprint density at radius 3 is 2.56 bits per heavy atom. The van der Waals surface area contributed by atoms with Gasteiger partial charge in [-0.05, 0) is 56.6 Å². The molecule has 0 aliphatic carbocycles. The van der Waals surface area contributed by atoms with E-state index in [1.165, 1.54) is 11.1 Å². The predicted octanol–water partition coefficient (Wildman–Crippen LogP) is 4.23. The van der Waals surface area contributed by atoms with Crippen molar-refractivity contribution in [3.8, 4) is 11.3 Å². The highest BCUT2D eigenvalue weighted by atomic mass is 16.3. The average molecular weight is 243 g/mol. The van der Waals surface area contributed by atoms with Gasteiger partial charge in [-0.25, -0.2) is 0 Å². The standard InChI is InChI=1S/C16H21NO/c1-5-17-13(4)15-8-9-16(18-15)14-7-6-11(2)12(3)10-14/h6-10,13,17H,5H2,1-4H3. The first-order valence-electron chi connectivity index (χ1n) is 6.52. The zero-order valence-corrected chi connectivity index (χ0v) is 11.6. The Morgan fingerprint density at radius 2 is 1.89 bits per heavy atom. The number of rotatable bonds is 4. The van der Waals surface area contributed by atoms with Gasteiger partial charge in [0.2, 0.25) is 0 Å². The number of benzene rings is 1. The highest BCUT2D eigenvalue weighted by Gasteiger charge is 2.10. The van der Waals surface area contributed by atoms with Gasteiger partial charge in [0.1, 0.15) is 11.5 Å². The second-order valence-corrected chi connectivity index (χ2v) is 4.78. The summed E-state index contributed by atoms with van der Waals surface area (Å²) in [5, 5.41) is 3.35. The van der Waals surface area contributed by atoms with Crippen molar-refractivity contribution in [2.24, 2.45) is 0 Å². The molecule has 0 amide bonds. The van der Waals surface area contributed by atoms with Gasteiger partial charge in [-0.2, -0.15) is 0 Å². The second kappa shape index (κ2) is 5.40. The van der Waals surface area contributed by atoms with Crippen molar-refractivity contribution in [1.29, 1.82) is 0 Å². The summed E-state index contributed by atoms with van der Waals surface area (Å²) in [7, 11) is 0. The lowest BCUT2D eigenvalue weighted by Gasteiger charge is -2.08. The quantitative estimate of drug-likeness (QED) is 0.869. The predicted molar refractivity (Wildman–Crippen MR) is 75.7 cm³/mol. The Labute approximate surface area is 109 Å². The van der Waals surface area contributed by atoms with Gasteiger partial charge in [-0.15, -0.1) is 0 Å². The maximum Gasteiger partial charge on any atom is 0.134 e. The van der Waals surface area contributed by atoms with Crippen LogP contribution in [0.3, 0.4) is 0 Å². The summed E-state index contributed by atoms with van der Waals surface area (Å²) in [6.07, 6.45) is 0. The zero-order valence-electron chi connectivity index (χ0n) is 11.6. The minimum absolute atomic E-state index is 0.260. The van der Waals surface area contributed by atoms with E-state index < -0.39 is 0 Å². The second-order valence-electron chi connectivity index (χ2n) is 4.78. The van der Waals surface area contributed by atoms with E-state index >= 15 is 0 Å². The molecular formula is C16H21NO. The summed E-state index contributed by atoms with van der Waals surface area (Å²) in [6.45, 7) is 9.42. The van der Waals surface area contributed by atoms with Gasteiger partial charge in [0.15, 0.2) is 0 Å². The molecule has 0 aliphatic rings. The third kappa shape index (κ3) is 2.65. The highest BCUT2D eigenvalue weighted by molar-refractivity contribution is 5.59. The molecule has 2 rings (SSSR count). The SMILES string of the molecule is CCNC(C)c1ccc(-c2ccc(C)c(C)c2)o1. The van der Waals surface area contributed by atoms with E-state index in [2.05, 4.69) is 57.3 Å². The Kier molecular flexibility index (Phi) is 3.87. The van der Waals surface area contributed by atoms with Gasteiger partial charge in [0, 0.05) is 5.56 Å². The van der Waals surface area contributed by atoms with Gasteiger partial charge < -0.3 is 9.73 Å². The molecule has 1 N–H and O–H groups in total. The first-order valence-corrected chi connectivity index (χ1v) is 6.52. The number of aryl methyl sites for hydroxylation is 2. The van der Waals surface area contributed by atoms with Crippen molar-refractivity contribution in [2.75, 3.05) is 6.54 Å². The number of hydrogen-bond donors (Lipinski definition) is 1. The van der Waals surface area contributed by atoms with Crippen LogP contribution in [0.2, 0.25) is 0 Å². The molecule has 96 valence electrons. The molecule has 0 radical (unpaired) electrons. The van der Waals surface area contributed by atoms with Gasteiger partial charge in [0.05, 0.1) is 6.04 Å². The number of furan rings is 1. The molecule has 2 nitrogen and oxygen atoms in total. The molecule has 1 heterocycles. The van der Waals surface area contributed by atoms with Crippen LogP contribution in [0.1, 0.15) is 36.8 Å². The highest BCUT2D eigenvalue weighted by Crippen LogP contribution is 2.26. The molecule has 0 spiro atoms. The third-order valence-electron chi connectivity index (χ3n) is 3.36. The molecular weight excluding hydrogens is 222 g/mol. The van der Waals surface area contributed by atoms with Gasteiger partial charge in [-0.1, -0.05) is 19.1 Å². The summed E-state index contributed by atoms with van der Waals surface area (Å²) >= 11 is 0. The Bertz CT molecular complexity index is 528. The van der Waals surface area contributed by atoms with E-state index in [4.69, 9.17) is 4.42 Å². The van der Waals surface area contributed by atoms with E-state index in [1.807, 2.05) is 6.07 Å². The summed E-state index contributed by atoms with van der Waals surface area (Å²) < 4.78 is 5.92. The molecule has 18 heavy (non-hydrogen) atoms. The minimum atomic E-state index is 0.260. The third-order valence-corrected chi connectivity index (χ3v) is 3.36. The van der Waals surface area contributed by atoms with Gasteiger partial charge >= 0.3 is 0 Å². The molecule has 0 saturated heterocycles. The number of nitrogens with one attached hydrogen (secondary N) is 1. The topological polar surface area (TPSA) is 25.2 Å². The van der Waals surface area contributed by atoms with Crippen LogP contribution in [0.4, 0.5) is 0 Å². The maximum absolute atomic E-state index is 5.92. The Balaban J connectivity index is 2.26. The van der Waals surface area contributed by atoms with Crippen LogP contribution in [-0.2, 0) is 0 Å². The van der Waals surface area contributed by atoms with Crippen molar-refractivity contribution < 1.29 is 4.42 Å². The van der Waals surface area contributed by atoms with E-state index in [-0.39, 0.29) is 6.04 Å². The summed E-state index contributed by atoms with van der Waals surface area (Å²) in [5.74, 6) is 1.93. The molecule has 1 unspecified atom stereocenters. The fourth-order valence-electron chi connectivity index (χ4n) is 2.04. The fraction of sp³-hybridized carbons (Fsp3) is 0.375.